The minimum absolute atomic E-state index is 0.357. The van der Waals surface area contributed by atoms with Gasteiger partial charge in [-0.2, -0.15) is 10.1 Å². The van der Waals surface area contributed by atoms with Crippen molar-refractivity contribution >= 4 is 11.3 Å². The van der Waals surface area contributed by atoms with Gasteiger partial charge in [0.25, 0.3) is 5.89 Å². The number of aromatic nitrogens is 6. The molecule has 0 spiro atoms. The van der Waals surface area contributed by atoms with Gasteiger partial charge in [-0.15, -0.1) is 11.3 Å². The Morgan fingerprint density at radius 2 is 2.33 bits per heavy atom. The fourth-order valence-electron chi connectivity index (χ4n) is 1.38. The molecule has 3 heterocycles. The maximum Gasteiger partial charge on any atom is 0.277 e. The minimum Gasteiger partial charge on any atom is -0.332 e. The van der Waals surface area contributed by atoms with Gasteiger partial charge in [-0.3, -0.25) is 5.10 Å². The molecule has 0 bridgehead atoms. The summed E-state index contributed by atoms with van der Waals surface area (Å²) in [5, 5.41) is 13.0. The molecule has 0 aromatic carbocycles. The Hall–Kier alpha value is -2.13. The van der Waals surface area contributed by atoms with Crippen molar-refractivity contribution in [1.82, 2.24) is 30.3 Å². The van der Waals surface area contributed by atoms with Crippen molar-refractivity contribution in [3.05, 3.63) is 16.7 Å². The van der Waals surface area contributed by atoms with Gasteiger partial charge >= 0.3 is 0 Å². The average Bonchev–Trinajstić information content (AvgIpc) is 3.10. The third kappa shape index (κ3) is 2.00. The van der Waals surface area contributed by atoms with Crippen molar-refractivity contribution in [3.8, 4) is 23.2 Å². The predicted octanol–water partition coefficient (Wildman–Crippen LogP) is 0.479. The molecule has 8 nitrogen and oxygen atoms in total. The lowest BCUT2D eigenvalue weighted by atomic mass is 10.4. The molecule has 92 valence electrons. The molecule has 0 aliphatic carbocycles. The van der Waals surface area contributed by atoms with E-state index in [-0.39, 0.29) is 0 Å². The summed E-state index contributed by atoms with van der Waals surface area (Å²) in [6.07, 6.45) is 2.13. The second-order valence-electron chi connectivity index (χ2n) is 3.42. The summed E-state index contributed by atoms with van der Waals surface area (Å²) in [7, 11) is 0. The van der Waals surface area contributed by atoms with Crippen molar-refractivity contribution in [2.75, 3.05) is 6.54 Å². The number of H-pyrrole nitrogens is 1. The van der Waals surface area contributed by atoms with Crippen LogP contribution in [-0.4, -0.2) is 36.9 Å². The number of hydrogen-bond acceptors (Lipinski definition) is 8. The second-order valence-corrected chi connectivity index (χ2v) is 4.37. The third-order valence-electron chi connectivity index (χ3n) is 2.18. The Balaban J connectivity index is 1.88. The highest BCUT2D eigenvalue weighted by atomic mass is 32.1. The predicted molar refractivity (Wildman–Crippen MR) is 63.5 cm³/mol. The molecule has 3 aromatic rings. The van der Waals surface area contributed by atoms with E-state index < -0.39 is 0 Å². The van der Waals surface area contributed by atoms with E-state index in [4.69, 9.17) is 10.3 Å². The van der Waals surface area contributed by atoms with E-state index in [0.29, 0.717) is 29.8 Å². The van der Waals surface area contributed by atoms with Crippen molar-refractivity contribution in [2.24, 2.45) is 5.73 Å². The Morgan fingerprint density at radius 3 is 3.11 bits per heavy atom. The van der Waals surface area contributed by atoms with Gasteiger partial charge in [0.2, 0.25) is 5.82 Å². The number of thiazole rings is 1. The molecular formula is C9H9N7OS. The van der Waals surface area contributed by atoms with Crippen LogP contribution in [0.3, 0.4) is 0 Å². The van der Waals surface area contributed by atoms with Gasteiger partial charge in [-0.25, -0.2) is 9.97 Å². The Labute approximate surface area is 105 Å². The van der Waals surface area contributed by atoms with Crippen molar-refractivity contribution < 1.29 is 4.52 Å². The number of hydrogen-bond donors (Lipinski definition) is 2. The second kappa shape index (κ2) is 4.63. The lowest BCUT2D eigenvalue weighted by molar-refractivity contribution is 0.430. The van der Waals surface area contributed by atoms with E-state index in [1.165, 1.54) is 17.7 Å². The Kier molecular flexibility index (Phi) is 2.82. The number of nitrogens with two attached hydrogens (primary N) is 1. The highest BCUT2D eigenvalue weighted by Crippen LogP contribution is 2.22. The molecule has 3 aromatic heterocycles. The van der Waals surface area contributed by atoms with Crippen LogP contribution in [-0.2, 0) is 6.42 Å². The molecule has 0 saturated carbocycles. The van der Waals surface area contributed by atoms with Gasteiger partial charge in [-0.1, -0.05) is 5.16 Å². The number of rotatable bonds is 4. The van der Waals surface area contributed by atoms with E-state index in [1.807, 2.05) is 5.38 Å². The quantitative estimate of drug-likeness (QED) is 0.702. The van der Waals surface area contributed by atoms with Gasteiger partial charge in [0.15, 0.2) is 5.82 Å². The van der Waals surface area contributed by atoms with Crippen LogP contribution in [0.5, 0.6) is 0 Å². The monoisotopic (exact) mass is 263 g/mol. The Morgan fingerprint density at radius 1 is 1.39 bits per heavy atom. The summed E-state index contributed by atoms with van der Waals surface area (Å²) in [5.74, 6) is 1.18. The van der Waals surface area contributed by atoms with Crippen LogP contribution in [0.4, 0.5) is 0 Å². The summed E-state index contributed by atoms with van der Waals surface area (Å²) in [5.41, 5.74) is 6.13. The SMILES string of the molecule is NCCc1nc(-c2nc(-c3ncn[nH]3)no2)cs1. The zero-order chi connectivity index (χ0) is 12.4. The molecule has 0 radical (unpaired) electrons. The van der Waals surface area contributed by atoms with E-state index in [9.17, 15) is 0 Å². The maximum absolute atomic E-state index is 5.47. The Bertz CT molecular complexity index is 629. The zero-order valence-corrected chi connectivity index (χ0v) is 10.0. The molecule has 0 amide bonds. The standard InChI is InChI=1S/C9H9N7OS/c10-2-1-6-13-5(3-18-6)9-14-8(16-17-9)7-11-4-12-15-7/h3-4H,1-2,10H2,(H,11,12,15). The van der Waals surface area contributed by atoms with Crippen LogP contribution in [0.1, 0.15) is 5.01 Å². The fourth-order valence-corrected chi connectivity index (χ4v) is 2.17. The minimum atomic E-state index is 0.357. The van der Waals surface area contributed by atoms with Gasteiger partial charge in [-0.05, 0) is 6.54 Å². The summed E-state index contributed by atoms with van der Waals surface area (Å²) in [4.78, 5) is 12.5. The third-order valence-corrected chi connectivity index (χ3v) is 3.09. The van der Waals surface area contributed by atoms with E-state index in [0.717, 1.165) is 11.4 Å². The van der Waals surface area contributed by atoms with E-state index in [1.54, 1.807) is 0 Å². The number of nitrogens with zero attached hydrogens (tertiary/aromatic N) is 5. The first-order valence-electron chi connectivity index (χ1n) is 5.21. The fraction of sp³-hybridized carbons (Fsp3) is 0.222. The van der Waals surface area contributed by atoms with Crippen molar-refractivity contribution in [2.45, 2.75) is 6.42 Å². The highest BCUT2D eigenvalue weighted by molar-refractivity contribution is 7.09. The first-order chi connectivity index (χ1) is 8.86. The van der Waals surface area contributed by atoms with Gasteiger partial charge in [0.1, 0.15) is 12.0 Å². The van der Waals surface area contributed by atoms with Gasteiger partial charge < -0.3 is 10.3 Å². The summed E-state index contributed by atoms with van der Waals surface area (Å²) in [6.45, 7) is 0.570. The zero-order valence-electron chi connectivity index (χ0n) is 9.20. The van der Waals surface area contributed by atoms with Crippen LogP contribution in [0, 0.1) is 0 Å². The van der Waals surface area contributed by atoms with Crippen LogP contribution < -0.4 is 5.73 Å². The molecule has 0 aliphatic rings. The van der Waals surface area contributed by atoms with E-state index >= 15 is 0 Å². The molecule has 3 N–H and O–H groups in total. The summed E-state index contributed by atoms with van der Waals surface area (Å²) in [6, 6.07) is 0. The molecule has 0 unspecified atom stereocenters. The lowest BCUT2D eigenvalue weighted by Crippen LogP contribution is -2.01. The molecule has 0 aliphatic heterocycles. The first kappa shape index (κ1) is 11.0. The number of nitrogens with one attached hydrogen (secondary N) is 1. The van der Waals surface area contributed by atoms with Crippen LogP contribution in [0.15, 0.2) is 16.2 Å². The largest absolute Gasteiger partial charge is 0.332 e. The van der Waals surface area contributed by atoms with Crippen LogP contribution in [0.25, 0.3) is 23.2 Å². The topological polar surface area (TPSA) is 119 Å². The van der Waals surface area contributed by atoms with Crippen LogP contribution >= 0.6 is 11.3 Å². The summed E-state index contributed by atoms with van der Waals surface area (Å²) >= 11 is 1.52. The number of aromatic amines is 1. The lowest BCUT2D eigenvalue weighted by Gasteiger charge is -1.87. The average molecular weight is 263 g/mol. The van der Waals surface area contributed by atoms with Crippen LogP contribution in [0.2, 0.25) is 0 Å². The highest BCUT2D eigenvalue weighted by Gasteiger charge is 2.14. The normalized spacial score (nSPS) is 10.9. The molecule has 0 saturated heterocycles. The van der Waals surface area contributed by atoms with Crippen molar-refractivity contribution in [1.29, 1.82) is 0 Å². The smallest absolute Gasteiger partial charge is 0.277 e. The molecule has 3 rings (SSSR count). The molecule has 0 fully saturated rings. The molecular weight excluding hydrogens is 254 g/mol. The molecule has 0 atom stereocenters. The maximum atomic E-state index is 5.47. The van der Waals surface area contributed by atoms with Gasteiger partial charge in [0, 0.05) is 11.8 Å². The van der Waals surface area contributed by atoms with Crippen molar-refractivity contribution in [3.63, 3.8) is 0 Å². The van der Waals surface area contributed by atoms with E-state index in [2.05, 4.69) is 30.3 Å². The molecule has 9 heteroatoms. The first-order valence-corrected chi connectivity index (χ1v) is 6.09. The summed E-state index contributed by atoms with van der Waals surface area (Å²) < 4.78 is 5.13. The molecule has 18 heavy (non-hydrogen) atoms. The van der Waals surface area contributed by atoms with Gasteiger partial charge in [0.05, 0.1) is 5.01 Å².